The van der Waals surface area contributed by atoms with E-state index in [4.69, 9.17) is 14.4 Å². The van der Waals surface area contributed by atoms with Crippen LogP contribution in [-0.4, -0.2) is 93.0 Å². The van der Waals surface area contributed by atoms with Gasteiger partial charge in [0.05, 0.1) is 19.8 Å². The fourth-order valence-corrected chi connectivity index (χ4v) is 7.72. The van der Waals surface area contributed by atoms with E-state index in [2.05, 4.69) is 24.4 Å². The Labute approximate surface area is 346 Å². The number of hydrogen-bond acceptors (Lipinski definition) is 11. The maximum absolute atomic E-state index is 13.2. The minimum atomic E-state index is -4.83. The maximum atomic E-state index is 13.2. The third-order valence-electron chi connectivity index (χ3n) is 10.5. The van der Waals surface area contributed by atoms with Crippen molar-refractivity contribution in [3.63, 3.8) is 0 Å². The number of ether oxygens (including phenoxy) is 1. The first kappa shape index (κ1) is 55.8. The first-order valence-electron chi connectivity index (χ1n) is 22.8. The molecule has 0 aromatic carbocycles. The van der Waals surface area contributed by atoms with Gasteiger partial charge >= 0.3 is 13.8 Å². The second-order valence-corrected chi connectivity index (χ2v) is 17.3. The SMILES string of the molecule is CCCCCCCCCCCCCCCC=CC(=O)C(CCCCCCCC)CCCCCCCCC(=O)OC[C@H](CO)OP(=O)(O)OC[C@@H](O)[C@@H](O)[C@H](O)CO. The van der Waals surface area contributed by atoms with Crippen LogP contribution < -0.4 is 0 Å². The Morgan fingerprint density at radius 2 is 1.05 bits per heavy atom. The fraction of sp³-hybridized carbons (Fsp3) is 0.909. The number of carbonyl (C=O) groups is 2. The average molecular weight is 837 g/mol. The van der Waals surface area contributed by atoms with E-state index in [-0.39, 0.29) is 18.1 Å². The molecule has 6 atom stereocenters. The molecule has 0 fully saturated rings. The number of carbonyl (C=O) groups excluding carboxylic acids is 2. The van der Waals surface area contributed by atoms with Crippen molar-refractivity contribution in [1.82, 2.24) is 0 Å². The number of esters is 1. The molecule has 0 aliphatic rings. The quantitative estimate of drug-likeness (QED) is 0.0147. The summed E-state index contributed by atoms with van der Waals surface area (Å²) in [5.74, 6) is -0.161. The summed E-state index contributed by atoms with van der Waals surface area (Å²) in [4.78, 5) is 35.2. The number of unbranched alkanes of at least 4 members (excludes halogenated alkanes) is 23. The van der Waals surface area contributed by atoms with Crippen molar-refractivity contribution in [3.05, 3.63) is 12.2 Å². The standard InChI is InChI=1S/C44H85O12P/c1-3-5-7-9-11-12-13-14-15-16-17-18-19-24-28-32-40(47)38(30-26-22-10-8-6-4-2)31-27-23-20-21-25-29-33-43(50)54-36-39(34-45)56-57(52,53)55-37-42(49)44(51)41(48)35-46/h28,32,38-39,41-42,44-46,48-49,51H,3-27,29-31,33-37H2,1-2H3,(H,52,53)/t38?,39-,41+,42+,44-/m0/s1. The van der Waals surface area contributed by atoms with E-state index in [0.29, 0.717) is 6.42 Å². The Morgan fingerprint density at radius 1 is 0.596 bits per heavy atom. The zero-order valence-electron chi connectivity index (χ0n) is 36.0. The lowest BCUT2D eigenvalue weighted by Crippen LogP contribution is -2.41. The van der Waals surface area contributed by atoms with Crippen molar-refractivity contribution in [2.24, 2.45) is 5.92 Å². The largest absolute Gasteiger partial charge is 0.472 e. The van der Waals surface area contributed by atoms with Gasteiger partial charge in [0.15, 0.2) is 5.78 Å². The van der Waals surface area contributed by atoms with Gasteiger partial charge in [-0.2, -0.15) is 0 Å². The number of hydrogen-bond donors (Lipinski definition) is 6. The summed E-state index contributed by atoms with van der Waals surface area (Å²) in [6, 6.07) is 0. The first-order chi connectivity index (χ1) is 27.5. The van der Waals surface area contributed by atoms with Gasteiger partial charge in [0.25, 0.3) is 0 Å². The monoisotopic (exact) mass is 837 g/mol. The Bertz CT molecular complexity index is 1010. The van der Waals surface area contributed by atoms with Gasteiger partial charge in [-0.1, -0.05) is 168 Å². The number of aliphatic hydroxyl groups is 5. The summed E-state index contributed by atoms with van der Waals surface area (Å²) < 4.78 is 26.6. The summed E-state index contributed by atoms with van der Waals surface area (Å²) >= 11 is 0. The van der Waals surface area contributed by atoms with E-state index >= 15 is 0 Å². The van der Waals surface area contributed by atoms with Crippen LogP contribution in [0.3, 0.4) is 0 Å². The molecule has 338 valence electrons. The van der Waals surface area contributed by atoms with Crippen LogP contribution in [-0.2, 0) is 27.9 Å². The van der Waals surface area contributed by atoms with E-state index in [9.17, 15) is 39.5 Å². The molecule has 0 saturated heterocycles. The van der Waals surface area contributed by atoms with Gasteiger partial charge in [-0.3, -0.25) is 18.6 Å². The summed E-state index contributed by atoms with van der Waals surface area (Å²) in [7, 11) is -4.83. The second-order valence-electron chi connectivity index (χ2n) is 15.9. The lowest BCUT2D eigenvalue weighted by molar-refractivity contribution is -0.147. The topological polar surface area (TPSA) is 200 Å². The van der Waals surface area contributed by atoms with Gasteiger partial charge < -0.3 is 35.2 Å². The number of phosphoric ester groups is 1. The Balaban J connectivity index is 4.32. The minimum absolute atomic E-state index is 0.0947. The number of ketones is 1. The second kappa shape index (κ2) is 39.0. The van der Waals surface area contributed by atoms with E-state index in [0.717, 1.165) is 64.2 Å². The smallest absolute Gasteiger partial charge is 0.463 e. The molecular formula is C44H85O12P. The van der Waals surface area contributed by atoms with Crippen molar-refractivity contribution in [1.29, 1.82) is 0 Å². The zero-order chi connectivity index (χ0) is 42.4. The van der Waals surface area contributed by atoms with Crippen LogP contribution in [0.2, 0.25) is 0 Å². The van der Waals surface area contributed by atoms with Crippen LogP contribution in [0, 0.1) is 5.92 Å². The maximum Gasteiger partial charge on any atom is 0.472 e. The molecule has 13 heteroatoms. The number of aliphatic hydroxyl groups excluding tert-OH is 5. The van der Waals surface area contributed by atoms with Crippen molar-refractivity contribution < 1.29 is 58.4 Å². The van der Waals surface area contributed by atoms with Gasteiger partial charge in [0.2, 0.25) is 0 Å². The molecule has 0 heterocycles. The van der Waals surface area contributed by atoms with Gasteiger partial charge in [0, 0.05) is 12.3 Å². The molecule has 0 saturated carbocycles. The van der Waals surface area contributed by atoms with E-state index in [1.54, 1.807) is 0 Å². The Kier molecular flexibility index (Phi) is 38.1. The molecule has 6 N–H and O–H groups in total. The van der Waals surface area contributed by atoms with Crippen LogP contribution in [0.25, 0.3) is 0 Å². The number of allylic oxidation sites excluding steroid dienone is 2. The highest BCUT2D eigenvalue weighted by Gasteiger charge is 2.31. The summed E-state index contributed by atoms with van der Waals surface area (Å²) in [5, 5.41) is 47.0. The Morgan fingerprint density at radius 3 is 1.53 bits per heavy atom. The molecule has 0 spiro atoms. The highest BCUT2D eigenvalue weighted by molar-refractivity contribution is 7.47. The molecule has 57 heavy (non-hydrogen) atoms. The predicted molar refractivity (Wildman–Crippen MR) is 227 cm³/mol. The van der Waals surface area contributed by atoms with Crippen molar-refractivity contribution in [2.45, 2.75) is 224 Å². The summed E-state index contributed by atoms with van der Waals surface area (Å²) in [6.45, 7) is 1.49. The highest BCUT2D eigenvalue weighted by Crippen LogP contribution is 2.44. The van der Waals surface area contributed by atoms with Crippen LogP contribution in [0.5, 0.6) is 0 Å². The molecule has 0 bridgehead atoms. The normalized spacial score (nSPS) is 15.6. The summed E-state index contributed by atoms with van der Waals surface area (Å²) in [5.41, 5.74) is 0. The predicted octanol–water partition coefficient (Wildman–Crippen LogP) is 9.19. The summed E-state index contributed by atoms with van der Waals surface area (Å²) in [6.07, 6.45) is 30.4. The van der Waals surface area contributed by atoms with Crippen molar-refractivity contribution in [3.8, 4) is 0 Å². The van der Waals surface area contributed by atoms with Crippen LogP contribution >= 0.6 is 7.82 Å². The third kappa shape index (κ3) is 34.2. The molecule has 0 amide bonds. The van der Waals surface area contributed by atoms with Gasteiger partial charge in [-0.15, -0.1) is 0 Å². The van der Waals surface area contributed by atoms with Crippen LogP contribution in [0.4, 0.5) is 0 Å². The minimum Gasteiger partial charge on any atom is -0.463 e. The molecular weight excluding hydrogens is 751 g/mol. The fourth-order valence-electron chi connectivity index (χ4n) is 6.81. The molecule has 0 aliphatic carbocycles. The van der Waals surface area contributed by atoms with Crippen molar-refractivity contribution in [2.75, 3.05) is 26.4 Å². The third-order valence-corrected chi connectivity index (χ3v) is 11.6. The molecule has 0 aliphatic heterocycles. The molecule has 0 radical (unpaired) electrons. The lowest BCUT2D eigenvalue weighted by atomic mass is 9.90. The highest BCUT2D eigenvalue weighted by atomic mass is 31.2. The Hall–Kier alpha value is -1.21. The zero-order valence-corrected chi connectivity index (χ0v) is 36.9. The molecule has 0 rings (SSSR count). The average Bonchev–Trinajstić information content (AvgIpc) is 3.20. The van der Waals surface area contributed by atoms with Gasteiger partial charge in [-0.05, 0) is 38.2 Å². The molecule has 0 aromatic rings. The van der Waals surface area contributed by atoms with Crippen LogP contribution in [0.1, 0.15) is 200 Å². The van der Waals surface area contributed by atoms with E-state index < -0.39 is 64.6 Å². The van der Waals surface area contributed by atoms with E-state index in [1.807, 2.05) is 6.08 Å². The van der Waals surface area contributed by atoms with Crippen LogP contribution in [0.15, 0.2) is 12.2 Å². The van der Waals surface area contributed by atoms with Gasteiger partial charge in [-0.25, -0.2) is 4.57 Å². The number of phosphoric acid groups is 1. The molecule has 0 aromatic heterocycles. The number of rotatable bonds is 43. The van der Waals surface area contributed by atoms with Crippen molar-refractivity contribution >= 4 is 19.6 Å². The van der Waals surface area contributed by atoms with E-state index in [1.165, 1.54) is 109 Å². The molecule has 2 unspecified atom stereocenters. The molecule has 12 nitrogen and oxygen atoms in total. The van der Waals surface area contributed by atoms with Gasteiger partial charge in [0.1, 0.15) is 31.0 Å². The first-order valence-corrected chi connectivity index (χ1v) is 24.3. The lowest BCUT2D eigenvalue weighted by Gasteiger charge is -2.23.